The number of fused-ring (bicyclic) bond motifs is 1. The number of H-pyrrole nitrogens is 1. The molecule has 27 heavy (non-hydrogen) atoms. The van der Waals surface area contributed by atoms with Crippen molar-refractivity contribution < 1.29 is 19.6 Å². The summed E-state index contributed by atoms with van der Waals surface area (Å²) in [5.74, 6) is 0.142. The van der Waals surface area contributed by atoms with Crippen LogP contribution in [0.15, 0.2) is 22.3 Å². The monoisotopic (exact) mass is 408 g/mol. The van der Waals surface area contributed by atoms with Crippen LogP contribution in [0.5, 0.6) is 0 Å². The predicted octanol–water partition coefficient (Wildman–Crippen LogP) is 1.98. The zero-order chi connectivity index (χ0) is 19.4. The second kappa shape index (κ2) is 8.75. The van der Waals surface area contributed by atoms with Gasteiger partial charge in [-0.1, -0.05) is 6.07 Å². The fourth-order valence-electron chi connectivity index (χ4n) is 2.72. The zero-order valence-electron chi connectivity index (χ0n) is 15.4. The average Bonchev–Trinajstić information content (AvgIpc) is 3.28. The number of thiophene rings is 2. The number of aryl methyl sites for hydroxylation is 1. The minimum atomic E-state index is -0.452. The Labute approximate surface area is 164 Å². The molecule has 9 heteroatoms. The Morgan fingerprint density at radius 1 is 1.41 bits per heavy atom. The lowest BCUT2D eigenvalue weighted by atomic mass is 10.2. The number of aromatic nitrogens is 2. The topological polar surface area (TPSA) is 97.9 Å². The zero-order valence-corrected chi connectivity index (χ0v) is 17.0. The van der Waals surface area contributed by atoms with Crippen LogP contribution in [0.25, 0.3) is 10.2 Å². The number of esters is 1. The van der Waals surface area contributed by atoms with Crippen molar-refractivity contribution in [3.05, 3.63) is 49.0 Å². The van der Waals surface area contributed by atoms with Gasteiger partial charge < -0.3 is 19.8 Å². The van der Waals surface area contributed by atoms with Crippen molar-refractivity contribution in [2.45, 2.75) is 26.4 Å². The van der Waals surface area contributed by atoms with Crippen molar-refractivity contribution in [1.82, 2.24) is 9.97 Å². The van der Waals surface area contributed by atoms with Gasteiger partial charge in [-0.25, -0.2) is 9.78 Å². The second-order valence-corrected chi connectivity index (χ2v) is 8.10. The molecular formula is C18H22N3O4S2+. The number of nitrogens with zero attached hydrogens (tertiary/aromatic N) is 1. The van der Waals surface area contributed by atoms with Gasteiger partial charge in [0.1, 0.15) is 28.9 Å². The van der Waals surface area contributed by atoms with Crippen molar-refractivity contribution >= 4 is 38.9 Å². The molecule has 0 amide bonds. The molecule has 7 nitrogen and oxygen atoms in total. The van der Waals surface area contributed by atoms with Gasteiger partial charge in [0.15, 0.2) is 5.82 Å². The normalized spacial score (nSPS) is 12.4. The Kier molecular flexibility index (Phi) is 6.38. The minimum absolute atomic E-state index is 0.174. The number of methoxy groups -OCH3 is 1. The molecule has 3 aromatic heterocycles. The van der Waals surface area contributed by atoms with Crippen LogP contribution in [0.4, 0.5) is 0 Å². The van der Waals surface area contributed by atoms with Crippen LogP contribution in [0.3, 0.4) is 0 Å². The van der Waals surface area contributed by atoms with Crippen molar-refractivity contribution in [2.24, 2.45) is 0 Å². The van der Waals surface area contributed by atoms with E-state index >= 15 is 0 Å². The Morgan fingerprint density at radius 2 is 2.22 bits per heavy atom. The highest BCUT2D eigenvalue weighted by Gasteiger charge is 2.21. The summed E-state index contributed by atoms with van der Waals surface area (Å²) < 4.78 is 10.1. The van der Waals surface area contributed by atoms with Gasteiger partial charge in [-0.05, 0) is 30.9 Å². The van der Waals surface area contributed by atoms with Gasteiger partial charge in [-0.2, -0.15) is 0 Å². The Bertz CT molecular complexity index is 979. The molecule has 3 aromatic rings. The number of nitrogens with two attached hydrogens (primary N) is 1. The maximum atomic E-state index is 12.5. The van der Waals surface area contributed by atoms with E-state index < -0.39 is 5.97 Å². The van der Waals surface area contributed by atoms with E-state index in [0.29, 0.717) is 39.6 Å². The van der Waals surface area contributed by atoms with Gasteiger partial charge in [0.05, 0.1) is 16.9 Å². The first-order chi connectivity index (χ1) is 13.0. The van der Waals surface area contributed by atoms with Gasteiger partial charge in [-0.15, -0.1) is 22.7 Å². The summed E-state index contributed by atoms with van der Waals surface area (Å²) in [4.78, 5) is 34.4. The van der Waals surface area contributed by atoms with E-state index in [4.69, 9.17) is 9.47 Å². The summed E-state index contributed by atoms with van der Waals surface area (Å²) in [6.45, 7) is 4.92. The lowest BCUT2D eigenvalue weighted by Gasteiger charge is -2.08. The molecule has 3 heterocycles. The van der Waals surface area contributed by atoms with Crippen LogP contribution in [0, 0.1) is 6.92 Å². The summed E-state index contributed by atoms with van der Waals surface area (Å²) in [6, 6.07) is 4.40. The van der Waals surface area contributed by atoms with Gasteiger partial charge >= 0.3 is 5.97 Å². The third kappa shape index (κ3) is 4.44. The lowest BCUT2D eigenvalue weighted by Crippen LogP contribution is -2.83. The maximum absolute atomic E-state index is 12.5. The highest BCUT2D eigenvalue weighted by atomic mass is 32.1. The SMILES string of the molecule is COCCOC(=O)c1sc2nc(C[NH2+][C@H](C)c3cccs3)[nH]c(=O)c2c1C. The van der Waals surface area contributed by atoms with Crippen molar-refractivity contribution in [3.8, 4) is 0 Å². The van der Waals surface area contributed by atoms with Crippen LogP contribution in [0.1, 0.15) is 38.9 Å². The molecule has 3 rings (SSSR count). The summed E-state index contributed by atoms with van der Waals surface area (Å²) in [5, 5.41) is 4.62. The van der Waals surface area contributed by atoms with Crippen LogP contribution >= 0.6 is 22.7 Å². The average molecular weight is 409 g/mol. The smallest absolute Gasteiger partial charge is 0.348 e. The molecule has 0 saturated carbocycles. The molecule has 1 atom stereocenters. The van der Waals surface area contributed by atoms with E-state index in [1.165, 1.54) is 16.2 Å². The molecule has 0 aliphatic rings. The Hall–Kier alpha value is -2.07. The van der Waals surface area contributed by atoms with Crippen LogP contribution < -0.4 is 10.9 Å². The number of quaternary nitrogens is 1. The molecular weight excluding hydrogens is 386 g/mol. The number of ether oxygens (including phenoxy) is 2. The number of rotatable bonds is 8. The van der Waals surface area contributed by atoms with E-state index in [-0.39, 0.29) is 18.2 Å². The first kappa shape index (κ1) is 19.7. The van der Waals surface area contributed by atoms with Crippen LogP contribution in [-0.4, -0.2) is 36.3 Å². The molecule has 0 aromatic carbocycles. The first-order valence-electron chi connectivity index (χ1n) is 8.56. The number of hydrogen-bond acceptors (Lipinski definition) is 7. The molecule has 0 unspecified atom stereocenters. The number of hydrogen-bond donors (Lipinski definition) is 2. The number of carbonyl (C=O) groups is 1. The molecule has 0 bridgehead atoms. The van der Waals surface area contributed by atoms with Gasteiger partial charge in [0.2, 0.25) is 0 Å². The molecule has 0 saturated heterocycles. The van der Waals surface area contributed by atoms with Crippen LogP contribution in [0.2, 0.25) is 0 Å². The fraction of sp³-hybridized carbons (Fsp3) is 0.389. The van der Waals surface area contributed by atoms with Gasteiger partial charge in [0, 0.05) is 7.11 Å². The molecule has 0 spiro atoms. The van der Waals surface area contributed by atoms with Crippen molar-refractivity contribution in [1.29, 1.82) is 0 Å². The summed E-state index contributed by atoms with van der Waals surface area (Å²) in [6.07, 6.45) is 0. The van der Waals surface area contributed by atoms with E-state index in [2.05, 4.69) is 28.3 Å². The standard InChI is InChI=1S/C18H21N3O4S2/c1-10-14-16(22)20-13(9-19-11(2)12-5-4-8-26-12)21-17(14)27-15(10)18(23)25-7-6-24-3/h4-5,8,11,19H,6-7,9H2,1-3H3,(H,20,21,22)/p+1/t11-/m1/s1. The lowest BCUT2D eigenvalue weighted by molar-refractivity contribution is -0.708. The molecule has 0 aliphatic carbocycles. The largest absolute Gasteiger partial charge is 0.459 e. The molecule has 144 valence electrons. The van der Waals surface area contributed by atoms with E-state index in [9.17, 15) is 9.59 Å². The third-order valence-electron chi connectivity index (χ3n) is 4.21. The van der Waals surface area contributed by atoms with Crippen LogP contribution in [-0.2, 0) is 16.0 Å². The van der Waals surface area contributed by atoms with E-state index in [0.717, 1.165) is 0 Å². The molecule has 0 fully saturated rings. The van der Waals surface area contributed by atoms with Crippen molar-refractivity contribution in [3.63, 3.8) is 0 Å². The molecule has 0 radical (unpaired) electrons. The third-order valence-corrected chi connectivity index (χ3v) is 6.45. The molecule has 3 N–H and O–H groups in total. The fourth-order valence-corrected chi connectivity index (χ4v) is 4.59. The van der Waals surface area contributed by atoms with E-state index in [1.54, 1.807) is 25.4 Å². The molecule has 0 aliphatic heterocycles. The second-order valence-electron chi connectivity index (χ2n) is 6.12. The highest BCUT2D eigenvalue weighted by molar-refractivity contribution is 7.20. The van der Waals surface area contributed by atoms with Gasteiger partial charge in [0.25, 0.3) is 5.56 Å². The minimum Gasteiger partial charge on any atom is -0.459 e. The quantitative estimate of drug-likeness (QED) is 0.439. The van der Waals surface area contributed by atoms with E-state index in [1.807, 2.05) is 11.4 Å². The summed E-state index contributed by atoms with van der Waals surface area (Å²) in [7, 11) is 1.54. The first-order valence-corrected chi connectivity index (χ1v) is 10.3. The highest BCUT2D eigenvalue weighted by Crippen LogP contribution is 2.27. The Morgan fingerprint density at radius 3 is 2.93 bits per heavy atom. The number of nitrogens with one attached hydrogen (secondary N) is 1. The Balaban J connectivity index is 1.79. The predicted molar refractivity (Wildman–Crippen MR) is 105 cm³/mol. The number of carbonyl (C=O) groups excluding carboxylic acids is 1. The maximum Gasteiger partial charge on any atom is 0.348 e. The summed E-state index contributed by atoms with van der Waals surface area (Å²) >= 11 is 2.90. The van der Waals surface area contributed by atoms with Crippen molar-refractivity contribution in [2.75, 3.05) is 20.3 Å². The van der Waals surface area contributed by atoms with Gasteiger partial charge in [-0.3, -0.25) is 4.79 Å². The summed E-state index contributed by atoms with van der Waals surface area (Å²) in [5.41, 5.74) is 0.380. The number of aromatic amines is 1.